The maximum absolute atomic E-state index is 13.0. The van der Waals surface area contributed by atoms with Crippen molar-refractivity contribution in [2.75, 3.05) is 19.0 Å². The lowest BCUT2D eigenvalue weighted by atomic mass is 10.3. The van der Waals surface area contributed by atoms with E-state index in [9.17, 15) is 23.7 Å². The predicted molar refractivity (Wildman–Crippen MR) is 80.1 cm³/mol. The summed E-state index contributed by atoms with van der Waals surface area (Å²) >= 11 is 0. The minimum Gasteiger partial charge on any atom is -0.496 e. The van der Waals surface area contributed by atoms with E-state index in [-0.39, 0.29) is 22.9 Å². The molecule has 0 aromatic heterocycles. The Morgan fingerprint density at radius 2 is 1.88 bits per heavy atom. The lowest BCUT2D eigenvalue weighted by Gasteiger charge is -2.09. The SMILES string of the molecule is COc1ccc(OCC(=O)Nc2cc(F)cc(F)c2)c([N+](=O)[O-])c1. The van der Waals surface area contributed by atoms with Gasteiger partial charge >= 0.3 is 5.69 Å². The third-order valence-electron chi connectivity index (χ3n) is 2.87. The third-order valence-corrected chi connectivity index (χ3v) is 2.87. The van der Waals surface area contributed by atoms with Crippen LogP contribution in [0.25, 0.3) is 0 Å². The number of hydrogen-bond acceptors (Lipinski definition) is 5. The highest BCUT2D eigenvalue weighted by atomic mass is 19.1. The molecule has 126 valence electrons. The number of methoxy groups -OCH3 is 1. The van der Waals surface area contributed by atoms with Crippen LogP contribution in [-0.4, -0.2) is 24.5 Å². The Balaban J connectivity index is 2.05. The van der Waals surface area contributed by atoms with E-state index in [4.69, 9.17) is 9.47 Å². The Hall–Kier alpha value is -3.23. The highest BCUT2D eigenvalue weighted by Crippen LogP contribution is 2.30. The molecule has 2 aromatic rings. The molecule has 7 nitrogen and oxygen atoms in total. The third kappa shape index (κ3) is 4.38. The number of amides is 1. The number of hydrogen-bond donors (Lipinski definition) is 1. The summed E-state index contributed by atoms with van der Waals surface area (Å²) in [6.07, 6.45) is 0. The van der Waals surface area contributed by atoms with Crippen molar-refractivity contribution in [1.29, 1.82) is 0 Å². The first-order valence-corrected chi connectivity index (χ1v) is 6.60. The van der Waals surface area contributed by atoms with Gasteiger partial charge in [0.2, 0.25) is 0 Å². The van der Waals surface area contributed by atoms with Gasteiger partial charge in [0.05, 0.1) is 18.1 Å². The highest BCUT2D eigenvalue weighted by Gasteiger charge is 2.17. The van der Waals surface area contributed by atoms with Crippen molar-refractivity contribution >= 4 is 17.3 Å². The summed E-state index contributed by atoms with van der Waals surface area (Å²) < 4.78 is 36.0. The molecule has 2 rings (SSSR count). The first kappa shape index (κ1) is 17.1. The van der Waals surface area contributed by atoms with E-state index in [1.807, 2.05) is 0 Å². The van der Waals surface area contributed by atoms with Crippen LogP contribution in [-0.2, 0) is 4.79 Å². The summed E-state index contributed by atoms with van der Waals surface area (Å²) in [7, 11) is 1.35. The van der Waals surface area contributed by atoms with E-state index < -0.39 is 29.1 Å². The summed E-state index contributed by atoms with van der Waals surface area (Å²) in [4.78, 5) is 22.0. The van der Waals surface area contributed by atoms with Gasteiger partial charge in [0, 0.05) is 11.8 Å². The van der Waals surface area contributed by atoms with Crippen LogP contribution < -0.4 is 14.8 Å². The molecule has 0 heterocycles. The van der Waals surface area contributed by atoms with Gasteiger partial charge in [0.25, 0.3) is 5.91 Å². The molecule has 0 aliphatic carbocycles. The minimum atomic E-state index is -0.850. The molecule has 0 aliphatic rings. The standard InChI is InChI=1S/C15H12F2N2O5/c1-23-12-2-3-14(13(7-12)19(21)22)24-8-15(20)18-11-5-9(16)4-10(17)6-11/h2-7H,8H2,1H3,(H,18,20). The number of rotatable bonds is 6. The molecule has 24 heavy (non-hydrogen) atoms. The van der Waals surface area contributed by atoms with Crippen LogP contribution in [0, 0.1) is 21.7 Å². The predicted octanol–water partition coefficient (Wildman–Crippen LogP) is 2.90. The van der Waals surface area contributed by atoms with Crippen LogP contribution in [0.3, 0.4) is 0 Å². The number of nitrogens with zero attached hydrogens (tertiary/aromatic N) is 1. The van der Waals surface area contributed by atoms with Crippen LogP contribution in [0.1, 0.15) is 0 Å². The first-order chi connectivity index (χ1) is 11.4. The van der Waals surface area contributed by atoms with E-state index in [1.54, 1.807) is 0 Å². The molecule has 1 N–H and O–H groups in total. The molecule has 0 atom stereocenters. The van der Waals surface area contributed by atoms with Crippen LogP contribution in [0.5, 0.6) is 11.5 Å². The second kappa shape index (κ2) is 7.36. The van der Waals surface area contributed by atoms with Crippen molar-refractivity contribution in [3.63, 3.8) is 0 Å². The highest BCUT2D eigenvalue weighted by molar-refractivity contribution is 5.91. The van der Waals surface area contributed by atoms with Gasteiger partial charge in [-0.05, 0) is 24.3 Å². The first-order valence-electron chi connectivity index (χ1n) is 6.60. The second-order valence-corrected chi connectivity index (χ2v) is 4.59. The number of halogens is 2. The molecule has 0 radical (unpaired) electrons. The second-order valence-electron chi connectivity index (χ2n) is 4.59. The van der Waals surface area contributed by atoms with Crippen LogP contribution in [0.15, 0.2) is 36.4 Å². The smallest absolute Gasteiger partial charge is 0.314 e. The molecule has 2 aromatic carbocycles. The Kier molecular flexibility index (Phi) is 5.25. The van der Waals surface area contributed by atoms with Gasteiger partial charge in [-0.1, -0.05) is 0 Å². The average molecular weight is 338 g/mol. The number of nitro benzene ring substituents is 1. The number of carbonyl (C=O) groups is 1. The van der Waals surface area contributed by atoms with Gasteiger partial charge < -0.3 is 14.8 Å². The Morgan fingerprint density at radius 1 is 1.21 bits per heavy atom. The molecule has 9 heteroatoms. The van der Waals surface area contributed by atoms with E-state index in [1.165, 1.54) is 19.2 Å². The molecule has 0 spiro atoms. The maximum Gasteiger partial charge on any atom is 0.314 e. The largest absolute Gasteiger partial charge is 0.496 e. The van der Waals surface area contributed by atoms with Crippen molar-refractivity contribution in [3.05, 3.63) is 58.1 Å². The van der Waals surface area contributed by atoms with Gasteiger partial charge in [-0.3, -0.25) is 14.9 Å². The maximum atomic E-state index is 13.0. The Labute approximate surface area is 135 Å². The summed E-state index contributed by atoms with van der Waals surface area (Å²) in [6.45, 7) is -0.578. The summed E-state index contributed by atoms with van der Waals surface area (Å²) in [5.41, 5.74) is -0.468. The van der Waals surface area contributed by atoms with Crippen molar-refractivity contribution < 1.29 is 28.0 Å². The Bertz CT molecular complexity index is 762. The molecule has 0 fully saturated rings. The number of anilines is 1. The normalized spacial score (nSPS) is 10.1. The van der Waals surface area contributed by atoms with Crippen molar-refractivity contribution in [2.24, 2.45) is 0 Å². The molecule has 0 saturated carbocycles. The Morgan fingerprint density at radius 3 is 2.46 bits per heavy atom. The van der Waals surface area contributed by atoms with Crippen LogP contribution in [0.2, 0.25) is 0 Å². The van der Waals surface area contributed by atoms with E-state index in [2.05, 4.69) is 5.32 Å². The van der Waals surface area contributed by atoms with Crippen LogP contribution >= 0.6 is 0 Å². The fraction of sp³-hybridized carbons (Fsp3) is 0.133. The zero-order valence-electron chi connectivity index (χ0n) is 12.4. The molecular formula is C15H12F2N2O5. The fourth-order valence-corrected chi connectivity index (χ4v) is 1.86. The zero-order chi connectivity index (χ0) is 17.7. The number of ether oxygens (including phenoxy) is 2. The van der Waals surface area contributed by atoms with Gasteiger partial charge in [-0.15, -0.1) is 0 Å². The lowest BCUT2D eigenvalue weighted by Crippen LogP contribution is -2.20. The lowest BCUT2D eigenvalue weighted by molar-refractivity contribution is -0.385. The summed E-state index contributed by atoms with van der Waals surface area (Å²) in [5, 5.41) is 13.2. The monoisotopic (exact) mass is 338 g/mol. The molecule has 0 aliphatic heterocycles. The van der Waals surface area contributed by atoms with E-state index >= 15 is 0 Å². The van der Waals surface area contributed by atoms with Gasteiger partial charge in [0.1, 0.15) is 17.4 Å². The topological polar surface area (TPSA) is 90.7 Å². The molecule has 0 unspecified atom stereocenters. The van der Waals surface area contributed by atoms with Gasteiger partial charge in [-0.2, -0.15) is 0 Å². The van der Waals surface area contributed by atoms with E-state index in [0.717, 1.165) is 18.2 Å². The summed E-state index contributed by atoms with van der Waals surface area (Å²) in [5.74, 6) is -2.31. The number of nitrogens with one attached hydrogen (secondary N) is 1. The van der Waals surface area contributed by atoms with Crippen molar-refractivity contribution in [1.82, 2.24) is 0 Å². The minimum absolute atomic E-state index is 0.0923. The number of carbonyl (C=O) groups excluding carboxylic acids is 1. The molecule has 0 saturated heterocycles. The summed E-state index contributed by atoms with van der Waals surface area (Å²) in [6, 6.07) is 6.38. The quantitative estimate of drug-likeness (QED) is 0.646. The van der Waals surface area contributed by atoms with Crippen molar-refractivity contribution in [3.8, 4) is 11.5 Å². The zero-order valence-corrected chi connectivity index (χ0v) is 12.4. The van der Waals surface area contributed by atoms with Gasteiger partial charge in [-0.25, -0.2) is 8.78 Å². The molecule has 1 amide bonds. The van der Waals surface area contributed by atoms with E-state index in [0.29, 0.717) is 6.07 Å². The van der Waals surface area contributed by atoms with Gasteiger partial charge in [0.15, 0.2) is 12.4 Å². The molecule has 0 bridgehead atoms. The van der Waals surface area contributed by atoms with Crippen LogP contribution in [0.4, 0.5) is 20.2 Å². The van der Waals surface area contributed by atoms with Crippen molar-refractivity contribution in [2.45, 2.75) is 0 Å². The number of benzene rings is 2. The average Bonchev–Trinajstić information content (AvgIpc) is 2.51. The molecular weight excluding hydrogens is 326 g/mol. The number of nitro groups is 1. The fourth-order valence-electron chi connectivity index (χ4n) is 1.86.